The molecule has 0 amide bonds. The molecule has 3 heterocycles. The first kappa shape index (κ1) is 19.9. The predicted molar refractivity (Wildman–Crippen MR) is 116 cm³/mol. The molecule has 0 fully saturated rings. The third-order valence-corrected chi connectivity index (χ3v) is 5.79. The van der Waals surface area contributed by atoms with Crippen LogP contribution < -0.4 is 21.1 Å². The maximum atomic E-state index is 5.86. The van der Waals surface area contributed by atoms with Crippen LogP contribution in [0.5, 0.6) is 5.75 Å². The number of nitrogens with zero attached hydrogens (tertiary/aromatic N) is 5. The van der Waals surface area contributed by atoms with Crippen LogP contribution >= 0.6 is 23.1 Å². The van der Waals surface area contributed by atoms with E-state index in [1.807, 2.05) is 36.4 Å². The number of methoxy groups -OCH3 is 1. The molecular weight excluding hydrogens is 424 g/mol. The van der Waals surface area contributed by atoms with E-state index in [2.05, 4.69) is 35.8 Å². The second kappa shape index (κ2) is 9.41. The van der Waals surface area contributed by atoms with Crippen LogP contribution in [0.25, 0.3) is 0 Å². The Hall–Kier alpha value is -3.38. The number of rotatable bonds is 9. The van der Waals surface area contributed by atoms with Crippen LogP contribution in [-0.4, -0.2) is 32.3 Å². The molecule has 0 saturated carbocycles. The zero-order valence-electron chi connectivity index (χ0n) is 15.9. The van der Waals surface area contributed by atoms with Gasteiger partial charge in [0.05, 0.1) is 31.4 Å². The first-order chi connectivity index (χ1) is 14.7. The molecule has 1 aromatic carbocycles. The van der Waals surface area contributed by atoms with Crippen molar-refractivity contribution in [3.63, 3.8) is 0 Å². The van der Waals surface area contributed by atoms with Crippen molar-refractivity contribution in [3.05, 3.63) is 54.2 Å². The average molecular weight is 443 g/mol. The lowest BCUT2D eigenvalue weighted by Gasteiger charge is -2.10. The molecule has 0 radical (unpaired) electrons. The van der Waals surface area contributed by atoms with Crippen molar-refractivity contribution in [2.45, 2.75) is 16.6 Å². The molecule has 4 rings (SSSR count). The Morgan fingerprint density at radius 3 is 2.87 bits per heavy atom. The number of aromatic nitrogens is 5. The molecule has 10 nitrogen and oxygen atoms in total. The van der Waals surface area contributed by atoms with E-state index in [-0.39, 0.29) is 5.95 Å². The van der Waals surface area contributed by atoms with Gasteiger partial charge >= 0.3 is 0 Å². The average Bonchev–Trinajstić information content (AvgIpc) is 3.43. The van der Waals surface area contributed by atoms with Gasteiger partial charge in [0.2, 0.25) is 17.0 Å². The van der Waals surface area contributed by atoms with Gasteiger partial charge in [0.1, 0.15) is 17.3 Å². The monoisotopic (exact) mass is 442 g/mol. The number of para-hydroxylation sites is 2. The maximum Gasteiger partial charge on any atom is 0.232 e. The zero-order chi connectivity index (χ0) is 20.8. The molecule has 0 bridgehead atoms. The molecule has 12 heteroatoms. The van der Waals surface area contributed by atoms with Crippen molar-refractivity contribution >= 4 is 45.8 Å². The lowest BCUT2D eigenvalue weighted by molar-refractivity contribution is 0.417. The molecule has 0 aliphatic carbocycles. The Morgan fingerprint density at radius 1 is 1.13 bits per heavy atom. The molecule has 0 aliphatic rings. The van der Waals surface area contributed by atoms with Crippen molar-refractivity contribution in [1.29, 1.82) is 0 Å². The van der Waals surface area contributed by atoms with Crippen LogP contribution in [0.15, 0.2) is 51.4 Å². The molecule has 4 aromatic rings. The minimum Gasteiger partial charge on any atom is -0.495 e. The molecule has 30 heavy (non-hydrogen) atoms. The summed E-state index contributed by atoms with van der Waals surface area (Å²) in [7, 11) is 1.60. The van der Waals surface area contributed by atoms with Crippen molar-refractivity contribution < 1.29 is 9.15 Å². The minimum absolute atomic E-state index is 0.135. The molecule has 0 saturated heterocycles. The molecule has 154 valence electrons. The van der Waals surface area contributed by atoms with Gasteiger partial charge in [-0.25, -0.2) is 0 Å². The highest BCUT2D eigenvalue weighted by Gasteiger charge is 2.11. The number of nitrogens with one attached hydrogen (secondary N) is 2. The summed E-state index contributed by atoms with van der Waals surface area (Å²) in [5.74, 6) is 2.99. The van der Waals surface area contributed by atoms with E-state index in [9.17, 15) is 0 Å². The summed E-state index contributed by atoms with van der Waals surface area (Å²) in [5, 5.41) is 15.3. The number of nitrogen functional groups attached to an aromatic ring is 1. The van der Waals surface area contributed by atoms with Crippen LogP contribution in [0.2, 0.25) is 0 Å². The topological polar surface area (TPSA) is 137 Å². The van der Waals surface area contributed by atoms with Gasteiger partial charge in [0, 0.05) is 0 Å². The third-order valence-electron chi connectivity index (χ3n) is 3.78. The molecule has 0 aliphatic heterocycles. The van der Waals surface area contributed by atoms with E-state index in [4.69, 9.17) is 14.9 Å². The van der Waals surface area contributed by atoms with Crippen LogP contribution in [0, 0.1) is 0 Å². The highest BCUT2D eigenvalue weighted by atomic mass is 32.2. The second-order valence-electron chi connectivity index (χ2n) is 5.85. The molecule has 4 N–H and O–H groups in total. The van der Waals surface area contributed by atoms with Crippen LogP contribution in [-0.2, 0) is 12.3 Å². The Morgan fingerprint density at radius 2 is 2.03 bits per heavy atom. The minimum atomic E-state index is 0.135. The van der Waals surface area contributed by atoms with E-state index >= 15 is 0 Å². The zero-order valence-corrected chi connectivity index (χ0v) is 17.5. The van der Waals surface area contributed by atoms with E-state index in [0.29, 0.717) is 35.0 Å². The first-order valence-electron chi connectivity index (χ1n) is 8.82. The molecular formula is C18H18N8O2S2. The normalized spacial score (nSPS) is 10.7. The van der Waals surface area contributed by atoms with Crippen molar-refractivity contribution in [1.82, 2.24) is 25.1 Å². The lowest BCUT2D eigenvalue weighted by Crippen LogP contribution is -2.07. The summed E-state index contributed by atoms with van der Waals surface area (Å²) in [6, 6.07) is 11.2. The Bertz CT molecular complexity index is 1100. The summed E-state index contributed by atoms with van der Waals surface area (Å²) in [6.07, 6.45) is 1.63. The molecule has 0 unspecified atom stereocenters. The summed E-state index contributed by atoms with van der Waals surface area (Å²) in [5.41, 5.74) is 6.59. The lowest BCUT2D eigenvalue weighted by atomic mass is 10.3. The fraction of sp³-hybridized carbons (Fsp3) is 0.167. The quantitative estimate of drug-likeness (QED) is 0.328. The second-order valence-corrected chi connectivity index (χ2v) is 8.05. The van der Waals surface area contributed by atoms with Gasteiger partial charge in [-0.2, -0.15) is 15.0 Å². The number of nitrogens with two attached hydrogens (primary N) is 1. The number of thioether (sulfide) groups is 1. The van der Waals surface area contributed by atoms with Crippen LogP contribution in [0.4, 0.5) is 22.7 Å². The fourth-order valence-electron chi connectivity index (χ4n) is 2.47. The Kier molecular flexibility index (Phi) is 6.25. The largest absolute Gasteiger partial charge is 0.495 e. The number of anilines is 4. The number of hydrogen-bond donors (Lipinski definition) is 3. The number of benzene rings is 1. The smallest absolute Gasteiger partial charge is 0.232 e. The van der Waals surface area contributed by atoms with Crippen molar-refractivity contribution in [2.75, 3.05) is 23.5 Å². The highest BCUT2D eigenvalue weighted by Crippen LogP contribution is 2.29. The summed E-state index contributed by atoms with van der Waals surface area (Å²) < 4.78 is 11.4. The molecule has 0 spiro atoms. The fourth-order valence-corrected chi connectivity index (χ4v) is 4.07. The van der Waals surface area contributed by atoms with Gasteiger partial charge < -0.3 is 25.5 Å². The SMILES string of the molecule is COc1ccccc1Nc1nc(N)nc(CSc2nnc(NCc3ccco3)s2)n1. The Labute approximate surface area is 180 Å². The van der Waals surface area contributed by atoms with E-state index in [0.717, 1.165) is 15.8 Å². The number of hydrogen-bond acceptors (Lipinski definition) is 12. The molecule has 3 aromatic heterocycles. The molecule has 0 atom stereocenters. The summed E-state index contributed by atoms with van der Waals surface area (Å²) in [6.45, 7) is 0.550. The van der Waals surface area contributed by atoms with Gasteiger partial charge in [-0.15, -0.1) is 10.2 Å². The van der Waals surface area contributed by atoms with E-state index in [1.165, 1.54) is 23.1 Å². The van der Waals surface area contributed by atoms with Gasteiger partial charge in [0.15, 0.2) is 4.34 Å². The third kappa shape index (κ3) is 5.15. The Balaban J connectivity index is 1.38. The van der Waals surface area contributed by atoms with Gasteiger partial charge in [0.25, 0.3) is 0 Å². The highest BCUT2D eigenvalue weighted by molar-refractivity contribution is 8.00. The van der Waals surface area contributed by atoms with Crippen molar-refractivity contribution in [2.24, 2.45) is 0 Å². The first-order valence-corrected chi connectivity index (χ1v) is 10.6. The van der Waals surface area contributed by atoms with Crippen LogP contribution in [0.3, 0.4) is 0 Å². The van der Waals surface area contributed by atoms with Gasteiger partial charge in [-0.3, -0.25) is 0 Å². The van der Waals surface area contributed by atoms with Gasteiger partial charge in [-0.1, -0.05) is 35.2 Å². The summed E-state index contributed by atoms with van der Waals surface area (Å²) >= 11 is 2.91. The van der Waals surface area contributed by atoms with Gasteiger partial charge in [-0.05, 0) is 24.3 Å². The number of ether oxygens (including phenoxy) is 1. The predicted octanol–water partition coefficient (Wildman–Crippen LogP) is 3.55. The summed E-state index contributed by atoms with van der Waals surface area (Å²) in [4.78, 5) is 12.8. The standard InChI is InChI=1S/C18H18N8O2S2/c1-27-13-7-3-2-6-12(13)21-16-23-14(22-15(19)24-16)10-29-18-26-25-17(30-18)20-9-11-5-4-8-28-11/h2-8H,9-10H2,1H3,(H,20,25)(H3,19,21,22,23,24). The number of furan rings is 1. The van der Waals surface area contributed by atoms with Crippen LogP contribution in [0.1, 0.15) is 11.6 Å². The maximum absolute atomic E-state index is 5.86. The van der Waals surface area contributed by atoms with E-state index in [1.54, 1.807) is 13.4 Å². The van der Waals surface area contributed by atoms with Crippen molar-refractivity contribution in [3.8, 4) is 5.75 Å². The van der Waals surface area contributed by atoms with E-state index < -0.39 is 0 Å².